The second-order valence-electron chi connectivity index (χ2n) is 3.03. The molecular formula is C9H17N3O2. The van der Waals surface area contributed by atoms with E-state index in [-0.39, 0.29) is 0 Å². The molecule has 5 heteroatoms. The van der Waals surface area contributed by atoms with Crippen molar-refractivity contribution in [2.75, 3.05) is 26.8 Å². The van der Waals surface area contributed by atoms with Gasteiger partial charge in [0.15, 0.2) is 6.33 Å². The van der Waals surface area contributed by atoms with Crippen LogP contribution in [0.15, 0.2) is 10.9 Å². The Balaban J connectivity index is 1.85. The standard InChI is InChI=1S/C9H17N3O2/c1-13-7-3-2-5-10-6-4-9-11-8-12-14-9/h8,10H,2-7H2,1H3. The molecule has 0 aliphatic heterocycles. The Morgan fingerprint density at radius 3 is 3.07 bits per heavy atom. The highest BCUT2D eigenvalue weighted by Crippen LogP contribution is 1.91. The molecule has 0 bridgehead atoms. The number of methoxy groups -OCH3 is 1. The first-order valence-electron chi connectivity index (χ1n) is 4.88. The zero-order valence-corrected chi connectivity index (χ0v) is 8.53. The SMILES string of the molecule is COCCCCNCCc1ncno1. The maximum Gasteiger partial charge on any atom is 0.227 e. The maximum absolute atomic E-state index is 4.95. The Morgan fingerprint density at radius 1 is 1.43 bits per heavy atom. The molecule has 80 valence electrons. The second-order valence-corrected chi connectivity index (χ2v) is 3.03. The Morgan fingerprint density at radius 2 is 2.36 bits per heavy atom. The van der Waals surface area contributed by atoms with Crippen LogP contribution in [0.3, 0.4) is 0 Å². The first-order valence-corrected chi connectivity index (χ1v) is 4.88. The van der Waals surface area contributed by atoms with E-state index in [1.807, 2.05) is 0 Å². The van der Waals surface area contributed by atoms with Gasteiger partial charge in [0.1, 0.15) is 0 Å². The minimum absolute atomic E-state index is 0.689. The van der Waals surface area contributed by atoms with Crippen molar-refractivity contribution in [1.29, 1.82) is 0 Å². The average molecular weight is 199 g/mol. The molecule has 1 aromatic rings. The minimum atomic E-state index is 0.689. The fourth-order valence-corrected chi connectivity index (χ4v) is 1.12. The number of rotatable bonds is 8. The predicted molar refractivity (Wildman–Crippen MR) is 52.0 cm³/mol. The van der Waals surface area contributed by atoms with Gasteiger partial charge in [-0.05, 0) is 19.4 Å². The van der Waals surface area contributed by atoms with Crippen molar-refractivity contribution in [3.8, 4) is 0 Å². The molecule has 14 heavy (non-hydrogen) atoms. The van der Waals surface area contributed by atoms with E-state index in [9.17, 15) is 0 Å². The normalized spacial score (nSPS) is 10.6. The summed E-state index contributed by atoms with van der Waals surface area (Å²) in [5.41, 5.74) is 0. The van der Waals surface area contributed by atoms with Gasteiger partial charge in [0.25, 0.3) is 0 Å². The van der Waals surface area contributed by atoms with E-state index in [1.54, 1.807) is 7.11 Å². The molecule has 0 aromatic carbocycles. The van der Waals surface area contributed by atoms with Crippen molar-refractivity contribution < 1.29 is 9.26 Å². The molecule has 0 aliphatic carbocycles. The van der Waals surface area contributed by atoms with Crippen LogP contribution < -0.4 is 5.32 Å². The van der Waals surface area contributed by atoms with E-state index in [0.717, 1.165) is 39.0 Å². The zero-order chi connectivity index (χ0) is 10.1. The Hall–Kier alpha value is -0.940. The lowest BCUT2D eigenvalue weighted by atomic mass is 10.3. The van der Waals surface area contributed by atoms with Crippen LogP contribution in [0.1, 0.15) is 18.7 Å². The summed E-state index contributed by atoms with van der Waals surface area (Å²) in [4.78, 5) is 3.93. The van der Waals surface area contributed by atoms with Gasteiger partial charge in [-0.15, -0.1) is 0 Å². The van der Waals surface area contributed by atoms with Gasteiger partial charge in [-0.25, -0.2) is 0 Å². The first kappa shape index (κ1) is 11.1. The predicted octanol–water partition coefficient (Wildman–Crippen LogP) is 0.628. The molecule has 0 saturated heterocycles. The number of hydrogen-bond acceptors (Lipinski definition) is 5. The van der Waals surface area contributed by atoms with Crippen molar-refractivity contribution in [2.24, 2.45) is 0 Å². The lowest BCUT2D eigenvalue weighted by Gasteiger charge is -2.01. The van der Waals surface area contributed by atoms with Crippen molar-refractivity contribution in [3.63, 3.8) is 0 Å². The first-order chi connectivity index (χ1) is 6.93. The van der Waals surface area contributed by atoms with Crippen LogP contribution in [-0.2, 0) is 11.2 Å². The third kappa shape index (κ3) is 4.94. The number of unbranched alkanes of at least 4 members (excludes halogenated alkanes) is 1. The van der Waals surface area contributed by atoms with Crippen LogP contribution in [0.2, 0.25) is 0 Å². The number of aromatic nitrogens is 2. The van der Waals surface area contributed by atoms with Crippen molar-refractivity contribution in [1.82, 2.24) is 15.5 Å². The van der Waals surface area contributed by atoms with Gasteiger partial charge in [0, 0.05) is 26.7 Å². The zero-order valence-electron chi connectivity index (χ0n) is 8.53. The number of nitrogens with one attached hydrogen (secondary N) is 1. The summed E-state index contributed by atoms with van der Waals surface area (Å²) in [6.45, 7) is 2.73. The van der Waals surface area contributed by atoms with E-state index >= 15 is 0 Å². The van der Waals surface area contributed by atoms with E-state index < -0.39 is 0 Å². The summed E-state index contributed by atoms with van der Waals surface area (Å²) in [6, 6.07) is 0. The van der Waals surface area contributed by atoms with Gasteiger partial charge >= 0.3 is 0 Å². The largest absolute Gasteiger partial charge is 0.385 e. The average Bonchev–Trinajstić information content (AvgIpc) is 2.69. The molecule has 0 amide bonds. The third-order valence-electron chi connectivity index (χ3n) is 1.87. The smallest absolute Gasteiger partial charge is 0.227 e. The summed E-state index contributed by atoms with van der Waals surface area (Å²) in [6.07, 6.45) is 4.46. The van der Waals surface area contributed by atoms with E-state index in [2.05, 4.69) is 15.5 Å². The lowest BCUT2D eigenvalue weighted by molar-refractivity contribution is 0.192. The molecule has 0 spiro atoms. The van der Waals surface area contributed by atoms with Gasteiger partial charge in [0.2, 0.25) is 5.89 Å². The van der Waals surface area contributed by atoms with Gasteiger partial charge in [-0.1, -0.05) is 5.16 Å². The molecule has 1 rings (SSSR count). The van der Waals surface area contributed by atoms with E-state index in [1.165, 1.54) is 6.33 Å². The molecule has 0 atom stereocenters. The summed E-state index contributed by atoms with van der Waals surface area (Å²) in [5, 5.41) is 6.83. The summed E-state index contributed by atoms with van der Waals surface area (Å²) < 4.78 is 9.80. The van der Waals surface area contributed by atoms with Crippen LogP contribution in [-0.4, -0.2) is 36.9 Å². The molecule has 0 saturated carbocycles. The second kappa shape index (κ2) is 7.46. The van der Waals surface area contributed by atoms with Gasteiger partial charge in [-0.3, -0.25) is 0 Å². The fraction of sp³-hybridized carbons (Fsp3) is 0.778. The molecule has 5 nitrogen and oxygen atoms in total. The number of hydrogen-bond donors (Lipinski definition) is 1. The summed E-state index contributed by atoms with van der Waals surface area (Å²) in [5.74, 6) is 0.689. The summed E-state index contributed by atoms with van der Waals surface area (Å²) >= 11 is 0. The third-order valence-corrected chi connectivity index (χ3v) is 1.87. The minimum Gasteiger partial charge on any atom is -0.385 e. The number of nitrogens with zero attached hydrogens (tertiary/aromatic N) is 2. The quantitative estimate of drug-likeness (QED) is 0.622. The highest BCUT2D eigenvalue weighted by Gasteiger charge is 1.97. The fourth-order valence-electron chi connectivity index (χ4n) is 1.12. The van der Waals surface area contributed by atoms with Crippen LogP contribution in [0.4, 0.5) is 0 Å². The van der Waals surface area contributed by atoms with Crippen molar-refractivity contribution in [3.05, 3.63) is 12.2 Å². The van der Waals surface area contributed by atoms with Crippen LogP contribution >= 0.6 is 0 Å². The number of ether oxygens (including phenoxy) is 1. The van der Waals surface area contributed by atoms with Crippen LogP contribution in [0.25, 0.3) is 0 Å². The monoisotopic (exact) mass is 199 g/mol. The Labute approximate surface area is 83.8 Å². The highest BCUT2D eigenvalue weighted by atomic mass is 16.5. The van der Waals surface area contributed by atoms with Crippen molar-refractivity contribution in [2.45, 2.75) is 19.3 Å². The topological polar surface area (TPSA) is 60.2 Å². The van der Waals surface area contributed by atoms with Gasteiger partial charge in [0.05, 0.1) is 0 Å². The van der Waals surface area contributed by atoms with Crippen LogP contribution in [0.5, 0.6) is 0 Å². The molecule has 0 aliphatic rings. The molecule has 0 unspecified atom stereocenters. The maximum atomic E-state index is 4.95. The Bertz CT molecular complexity index is 214. The van der Waals surface area contributed by atoms with E-state index in [4.69, 9.17) is 9.26 Å². The molecule has 1 heterocycles. The van der Waals surface area contributed by atoms with Crippen molar-refractivity contribution >= 4 is 0 Å². The van der Waals surface area contributed by atoms with E-state index in [0.29, 0.717) is 5.89 Å². The van der Waals surface area contributed by atoms with Gasteiger partial charge < -0.3 is 14.6 Å². The Kier molecular flexibility index (Phi) is 5.94. The lowest BCUT2D eigenvalue weighted by Crippen LogP contribution is -2.18. The van der Waals surface area contributed by atoms with Gasteiger partial charge in [-0.2, -0.15) is 4.98 Å². The molecule has 0 fully saturated rings. The van der Waals surface area contributed by atoms with Crippen LogP contribution in [0, 0.1) is 0 Å². The molecular weight excluding hydrogens is 182 g/mol. The molecule has 1 aromatic heterocycles. The highest BCUT2D eigenvalue weighted by molar-refractivity contribution is 4.74. The molecule has 0 radical (unpaired) electrons. The summed E-state index contributed by atoms with van der Waals surface area (Å²) in [7, 11) is 1.73. The molecule has 1 N–H and O–H groups in total.